The van der Waals surface area contributed by atoms with E-state index in [1.54, 1.807) is 11.0 Å². The van der Waals surface area contributed by atoms with E-state index >= 15 is 0 Å². The fourth-order valence-electron chi connectivity index (χ4n) is 6.65. The number of aryl methyl sites for hydroxylation is 1. The summed E-state index contributed by atoms with van der Waals surface area (Å²) in [7, 11) is 0. The predicted molar refractivity (Wildman–Crippen MR) is 191 cm³/mol. The summed E-state index contributed by atoms with van der Waals surface area (Å²) in [5.41, 5.74) is 5.35. The summed E-state index contributed by atoms with van der Waals surface area (Å²) < 4.78 is 5.51. The number of anilines is 1. The van der Waals surface area contributed by atoms with E-state index in [1.165, 1.54) is 5.56 Å². The molecule has 0 saturated carbocycles. The van der Waals surface area contributed by atoms with Crippen molar-refractivity contribution in [2.75, 3.05) is 44.3 Å². The van der Waals surface area contributed by atoms with Crippen LogP contribution in [0.3, 0.4) is 0 Å². The van der Waals surface area contributed by atoms with Crippen LogP contribution in [0.4, 0.5) is 5.82 Å². The zero-order valence-electron chi connectivity index (χ0n) is 27.9. The second-order valence-electron chi connectivity index (χ2n) is 13.0. The molecule has 0 N–H and O–H groups in total. The molecular formula is C41H46N4O3. The highest BCUT2D eigenvalue weighted by Gasteiger charge is 2.34. The molecule has 0 unspecified atom stereocenters. The molecule has 2 fully saturated rings. The van der Waals surface area contributed by atoms with Crippen LogP contribution in [0.1, 0.15) is 40.7 Å². The van der Waals surface area contributed by atoms with Crippen molar-refractivity contribution >= 4 is 23.7 Å². The quantitative estimate of drug-likeness (QED) is 0.178. The zero-order chi connectivity index (χ0) is 33.1. The van der Waals surface area contributed by atoms with Gasteiger partial charge in [0.25, 0.3) is 0 Å². The van der Waals surface area contributed by atoms with Crippen molar-refractivity contribution in [3.8, 4) is 0 Å². The third kappa shape index (κ3) is 8.98. The number of nitrogens with zero attached hydrogens (tertiary/aromatic N) is 4. The number of ether oxygens (including phenoxy) is 1. The van der Waals surface area contributed by atoms with Gasteiger partial charge in [-0.3, -0.25) is 9.59 Å². The monoisotopic (exact) mass is 642 g/mol. The Morgan fingerprint density at radius 3 is 2.15 bits per heavy atom. The van der Waals surface area contributed by atoms with Gasteiger partial charge >= 0.3 is 0 Å². The van der Waals surface area contributed by atoms with Gasteiger partial charge in [-0.2, -0.15) is 0 Å². The number of piperidine rings is 1. The summed E-state index contributed by atoms with van der Waals surface area (Å²) in [5, 5.41) is 0. The summed E-state index contributed by atoms with van der Waals surface area (Å²) in [4.78, 5) is 39.5. The first-order valence-corrected chi connectivity index (χ1v) is 17.2. The predicted octanol–water partition coefficient (Wildman–Crippen LogP) is 6.36. The maximum absolute atomic E-state index is 14.5. The van der Waals surface area contributed by atoms with Gasteiger partial charge in [0.2, 0.25) is 11.8 Å². The molecule has 1 aromatic heterocycles. The highest BCUT2D eigenvalue weighted by molar-refractivity contribution is 5.95. The van der Waals surface area contributed by atoms with Gasteiger partial charge in [-0.15, -0.1) is 0 Å². The number of aromatic nitrogens is 1. The standard InChI is InChI=1S/C41H46N4O3/c1-32-12-14-33(15-13-32)17-19-40(46)45(31-37-16-18-39(42-30-37)43-24-26-48-27-25-43)38(29-35-10-6-3-7-11-35)41(47)44-22-20-36(21-23-44)28-34-8-4-2-5-9-34/h2-19,30,36,38H,20-29,31H2,1H3/b19-17+/t38-/m0/s1. The average Bonchev–Trinajstić information content (AvgIpc) is 3.14. The zero-order valence-corrected chi connectivity index (χ0v) is 27.9. The summed E-state index contributed by atoms with van der Waals surface area (Å²) in [5.74, 6) is 1.25. The summed E-state index contributed by atoms with van der Waals surface area (Å²) in [6.45, 7) is 6.69. The van der Waals surface area contributed by atoms with Crippen molar-refractivity contribution in [1.29, 1.82) is 0 Å². The number of carbonyl (C=O) groups excluding carboxylic acids is 2. The molecule has 2 aliphatic rings. The molecule has 3 aromatic carbocycles. The van der Waals surface area contributed by atoms with E-state index in [-0.39, 0.29) is 18.4 Å². The smallest absolute Gasteiger partial charge is 0.247 e. The maximum Gasteiger partial charge on any atom is 0.247 e. The van der Waals surface area contributed by atoms with Gasteiger partial charge in [0.1, 0.15) is 11.9 Å². The first kappa shape index (κ1) is 33.2. The van der Waals surface area contributed by atoms with Crippen LogP contribution in [-0.2, 0) is 33.7 Å². The lowest BCUT2D eigenvalue weighted by atomic mass is 9.89. The first-order valence-electron chi connectivity index (χ1n) is 17.2. The van der Waals surface area contributed by atoms with Crippen LogP contribution < -0.4 is 4.90 Å². The van der Waals surface area contributed by atoms with E-state index in [1.807, 2.05) is 90.8 Å². The number of likely N-dealkylation sites (tertiary alicyclic amines) is 1. The van der Waals surface area contributed by atoms with Gasteiger partial charge in [0, 0.05) is 51.4 Å². The number of hydrogen-bond acceptors (Lipinski definition) is 5. The van der Waals surface area contributed by atoms with Gasteiger partial charge in [-0.25, -0.2) is 4.98 Å². The fraction of sp³-hybridized carbons (Fsp3) is 0.341. The highest BCUT2D eigenvalue weighted by Crippen LogP contribution is 2.25. The van der Waals surface area contributed by atoms with E-state index in [4.69, 9.17) is 9.72 Å². The molecule has 0 aliphatic carbocycles. The Morgan fingerprint density at radius 2 is 1.50 bits per heavy atom. The van der Waals surface area contributed by atoms with Crippen LogP contribution in [-0.4, -0.2) is 72.0 Å². The molecule has 0 spiro atoms. The number of carbonyl (C=O) groups is 2. The highest BCUT2D eigenvalue weighted by atomic mass is 16.5. The minimum Gasteiger partial charge on any atom is -0.378 e. The number of rotatable bonds is 11. The number of morpholine rings is 1. The molecule has 0 bridgehead atoms. The Balaban J connectivity index is 1.25. The molecule has 0 radical (unpaired) electrons. The Kier molecular flexibility index (Phi) is 11.3. The molecular weight excluding hydrogens is 596 g/mol. The van der Waals surface area contributed by atoms with Gasteiger partial charge in [0.05, 0.1) is 13.2 Å². The lowest BCUT2D eigenvalue weighted by molar-refractivity contribution is -0.145. The minimum absolute atomic E-state index is 0.00648. The number of pyridine rings is 1. The van der Waals surface area contributed by atoms with Gasteiger partial charge in [-0.05, 0) is 66.5 Å². The van der Waals surface area contributed by atoms with Crippen LogP contribution in [0.15, 0.2) is 109 Å². The molecule has 1 atom stereocenters. The van der Waals surface area contributed by atoms with E-state index in [0.29, 0.717) is 38.6 Å². The van der Waals surface area contributed by atoms with Crippen molar-refractivity contribution in [3.05, 3.63) is 137 Å². The summed E-state index contributed by atoms with van der Waals surface area (Å²) in [6, 6.07) is 32.1. The van der Waals surface area contributed by atoms with Crippen LogP contribution in [0.25, 0.3) is 6.08 Å². The SMILES string of the molecule is Cc1ccc(/C=C/C(=O)N(Cc2ccc(N3CCOCC3)nc2)[C@@H](Cc2ccccc2)C(=O)N2CCC(Cc3ccccc3)CC2)cc1. The average molecular weight is 643 g/mol. The molecule has 4 aromatic rings. The van der Waals surface area contributed by atoms with Crippen molar-refractivity contribution < 1.29 is 14.3 Å². The van der Waals surface area contributed by atoms with Crippen LogP contribution in [0.5, 0.6) is 0 Å². The third-order valence-electron chi connectivity index (χ3n) is 9.50. The number of benzene rings is 3. The molecule has 48 heavy (non-hydrogen) atoms. The number of amides is 2. The lowest BCUT2D eigenvalue weighted by Crippen LogP contribution is -2.53. The molecule has 3 heterocycles. The summed E-state index contributed by atoms with van der Waals surface area (Å²) in [6.07, 6.45) is 8.66. The third-order valence-corrected chi connectivity index (χ3v) is 9.50. The van der Waals surface area contributed by atoms with Crippen molar-refractivity contribution in [3.63, 3.8) is 0 Å². The summed E-state index contributed by atoms with van der Waals surface area (Å²) >= 11 is 0. The van der Waals surface area contributed by atoms with E-state index < -0.39 is 6.04 Å². The number of hydrogen-bond donors (Lipinski definition) is 0. The van der Waals surface area contributed by atoms with E-state index in [2.05, 4.69) is 35.2 Å². The minimum atomic E-state index is -0.660. The second-order valence-corrected chi connectivity index (χ2v) is 13.0. The Morgan fingerprint density at radius 1 is 0.833 bits per heavy atom. The van der Waals surface area contributed by atoms with Crippen molar-refractivity contribution in [2.24, 2.45) is 5.92 Å². The Hall–Kier alpha value is -4.75. The molecule has 2 amide bonds. The lowest BCUT2D eigenvalue weighted by Gasteiger charge is -2.38. The molecule has 6 rings (SSSR count). The largest absolute Gasteiger partial charge is 0.378 e. The fourth-order valence-corrected chi connectivity index (χ4v) is 6.65. The van der Waals surface area contributed by atoms with Gasteiger partial charge in [-0.1, -0.05) is 96.6 Å². The maximum atomic E-state index is 14.5. The molecule has 2 aliphatic heterocycles. The van der Waals surface area contributed by atoms with E-state index in [9.17, 15) is 9.59 Å². The second kappa shape index (κ2) is 16.4. The first-order chi connectivity index (χ1) is 23.5. The topological polar surface area (TPSA) is 66.0 Å². The van der Waals surface area contributed by atoms with Crippen molar-refractivity contribution in [1.82, 2.24) is 14.8 Å². The molecule has 7 nitrogen and oxygen atoms in total. The molecule has 2 saturated heterocycles. The Labute approximate surface area is 284 Å². The van der Waals surface area contributed by atoms with Crippen LogP contribution in [0, 0.1) is 12.8 Å². The van der Waals surface area contributed by atoms with Gasteiger partial charge in [0.15, 0.2) is 0 Å². The Bertz CT molecular complexity index is 1630. The van der Waals surface area contributed by atoms with Gasteiger partial charge < -0.3 is 19.4 Å². The molecule has 7 heteroatoms. The van der Waals surface area contributed by atoms with Crippen LogP contribution >= 0.6 is 0 Å². The molecule has 248 valence electrons. The van der Waals surface area contributed by atoms with E-state index in [0.717, 1.165) is 60.4 Å². The van der Waals surface area contributed by atoms with Crippen molar-refractivity contribution in [2.45, 2.75) is 45.2 Å². The normalized spacial score (nSPS) is 16.2. The van der Waals surface area contributed by atoms with Crippen LogP contribution in [0.2, 0.25) is 0 Å².